The van der Waals surface area contributed by atoms with Crippen molar-refractivity contribution >= 4 is 21.8 Å². The van der Waals surface area contributed by atoms with Crippen molar-refractivity contribution in [1.29, 1.82) is 0 Å². The summed E-state index contributed by atoms with van der Waals surface area (Å²) in [6.07, 6.45) is 0. The number of para-hydroxylation sites is 2. The molecule has 66 heavy (non-hydrogen) atoms. The first-order chi connectivity index (χ1) is 32.7. The molecule has 0 saturated carbocycles. The predicted molar refractivity (Wildman–Crippen MR) is 272 cm³/mol. The standard InChI is InChI=1S/C61H43N5/c1-42-32-36-51(37-33-42)64-54-38-34-47(60-62-56(43-20-8-2-9-21-43)58(45-24-12-4-13-25-45)65(60)49-28-16-6-17-29-49)40-52(54)53-41-48(35-39-55(53)64)61-63-57(44-22-10-3-11-23-44)59(46-26-14-5-15-27-46)66(61)50-30-18-7-19-31-50/h2-41H,1H3. The lowest BCUT2D eigenvalue weighted by Gasteiger charge is -2.14. The van der Waals surface area contributed by atoms with Gasteiger partial charge in [-0.3, -0.25) is 9.13 Å². The molecule has 12 rings (SSSR count). The molecule has 0 N–H and O–H groups in total. The lowest BCUT2D eigenvalue weighted by atomic mass is 10.0. The first-order valence-electron chi connectivity index (χ1n) is 22.4. The van der Waals surface area contributed by atoms with Crippen LogP contribution < -0.4 is 0 Å². The highest BCUT2D eigenvalue weighted by atomic mass is 15.1. The summed E-state index contributed by atoms with van der Waals surface area (Å²) in [5, 5.41) is 2.25. The number of aromatic nitrogens is 5. The van der Waals surface area contributed by atoms with Gasteiger partial charge in [-0.25, -0.2) is 9.97 Å². The molecule has 5 heteroatoms. The van der Waals surface area contributed by atoms with Crippen LogP contribution in [0.3, 0.4) is 0 Å². The van der Waals surface area contributed by atoms with Gasteiger partial charge in [-0.1, -0.05) is 175 Å². The van der Waals surface area contributed by atoms with Gasteiger partial charge in [0.2, 0.25) is 0 Å². The van der Waals surface area contributed by atoms with Crippen molar-refractivity contribution in [3.63, 3.8) is 0 Å². The second-order valence-electron chi connectivity index (χ2n) is 16.7. The first-order valence-corrected chi connectivity index (χ1v) is 22.4. The molecule has 12 aromatic rings. The van der Waals surface area contributed by atoms with Gasteiger partial charge in [-0.2, -0.15) is 0 Å². The van der Waals surface area contributed by atoms with Crippen LogP contribution in [0.2, 0.25) is 0 Å². The minimum absolute atomic E-state index is 0.868. The number of nitrogens with zero attached hydrogens (tertiary/aromatic N) is 5. The first kappa shape index (κ1) is 38.8. The Morgan fingerprint density at radius 1 is 0.288 bits per heavy atom. The van der Waals surface area contributed by atoms with E-state index in [1.54, 1.807) is 0 Å². The third-order valence-electron chi connectivity index (χ3n) is 12.5. The minimum Gasteiger partial charge on any atom is -0.309 e. The number of benzene rings is 9. The van der Waals surface area contributed by atoms with Crippen molar-refractivity contribution in [1.82, 2.24) is 23.7 Å². The van der Waals surface area contributed by atoms with Crippen LogP contribution in [-0.2, 0) is 0 Å². The summed E-state index contributed by atoms with van der Waals surface area (Å²) in [7, 11) is 0. The highest BCUT2D eigenvalue weighted by Crippen LogP contribution is 2.43. The fourth-order valence-corrected chi connectivity index (χ4v) is 9.48. The Hall–Kier alpha value is -8.80. The SMILES string of the molecule is Cc1ccc(-n2c3ccc(-c4nc(-c5ccccc5)c(-c5ccccc5)n4-c4ccccc4)cc3c3cc(-c4nc(-c5ccccc5)c(-c5ccccc5)n4-c4ccccc4)ccc32)cc1. The van der Waals surface area contributed by atoms with E-state index < -0.39 is 0 Å². The van der Waals surface area contributed by atoms with Gasteiger partial charge in [0.1, 0.15) is 11.6 Å². The molecule has 0 fully saturated rings. The number of aryl methyl sites for hydroxylation is 1. The van der Waals surface area contributed by atoms with E-state index in [9.17, 15) is 0 Å². The van der Waals surface area contributed by atoms with Crippen molar-refractivity contribution in [2.75, 3.05) is 0 Å². The quantitative estimate of drug-likeness (QED) is 0.145. The number of hydrogen-bond acceptors (Lipinski definition) is 2. The molecule has 0 saturated heterocycles. The molecule has 0 amide bonds. The molecule has 312 valence electrons. The number of fused-ring (bicyclic) bond motifs is 3. The minimum atomic E-state index is 0.868. The van der Waals surface area contributed by atoms with E-state index in [1.165, 1.54) is 5.56 Å². The van der Waals surface area contributed by atoms with E-state index >= 15 is 0 Å². The molecular formula is C61H43N5. The van der Waals surface area contributed by atoms with Crippen LogP contribution in [0.25, 0.3) is 107 Å². The molecule has 0 aliphatic carbocycles. The van der Waals surface area contributed by atoms with Gasteiger partial charge in [0.25, 0.3) is 0 Å². The van der Waals surface area contributed by atoms with Gasteiger partial charge in [0.05, 0.1) is 33.8 Å². The van der Waals surface area contributed by atoms with Crippen LogP contribution in [-0.4, -0.2) is 23.7 Å². The van der Waals surface area contributed by atoms with Crippen LogP contribution >= 0.6 is 0 Å². The molecule has 0 aliphatic rings. The van der Waals surface area contributed by atoms with Gasteiger partial charge in [-0.05, 0) is 79.7 Å². The summed E-state index contributed by atoms with van der Waals surface area (Å²) in [5.74, 6) is 1.74. The molecule has 0 unspecified atom stereocenters. The molecule has 0 aliphatic heterocycles. The molecule has 3 aromatic heterocycles. The maximum Gasteiger partial charge on any atom is 0.145 e. The number of rotatable bonds is 9. The second kappa shape index (κ2) is 16.4. The summed E-state index contributed by atoms with van der Waals surface area (Å²) in [6.45, 7) is 2.14. The maximum atomic E-state index is 5.59. The zero-order valence-electron chi connectivity index (χ0n) is 36.3. The predicted octanol–water partition coefficient (Wildman–Crippen LogP) is 15.5. The van der Waals surface area contributed by atoms with E-state index in [-0.39, 0.29) is 0 Å². The third-order valence-corrected chi connectivity index (χ3v) is 12.5. The van der Waals surface area contributed by atoms with Crippen molar-refractivity contribution in [3.05, 3.63) is 248 Å². The van der Waals surface area contributed by atoms with Gasteiger partial charge in [-0.15, -0.1) is 0 Å². The molecule has 0 atom stereocenters. The zero-order chi connectivity index (χ0) is 44.0. The van der Waals surface area contributed by atoms with E-state index in [1.807, 2.05) is 0 Å². The summed E-state index contributed by atoms with van der Waals surface area (Å²) < 4.78 is 7.05. The van der Waals surface area contributed by atoms with Gasteiger partial charge in [0.15, 0.2) is 0 Å². The van der Waals surface area contributed by atoms with Gasteiger partial charge in [0, 0.05) is 61.2 Å². The maximum absolute atomic E-state index is 5.59. The summed E-state index contributed by atoms with van der Waals surface area (Å²) in [5.41, 5.74) is 16.9. The Morgan fingerprint density at radius 2 is 0.621 bits per heavy atom. The highest BCUT2D eigenvalue weighted by molar-refractivity contribution is 6.11. The lowest BCUT2D eigenvalue weighted by Crippen LogP contribution is -2.00. The van der Waals surface area contributed by atoms with Crippen molar-refractivity contribution in [3.8, 4) is 84.9 Å². The topological polar surface area (TPSA) is 40.6 Å². The van der Waals surface area contributed by atoms with Crippen LogP contribution in [0.1, 0.15) is 5.56 Å². The zero-order valence-corrected chi connectivity index (χ0v) is 36.3. The van der Waals surface area contributed by atoms with Crippen molar-refractivity contribution in [2.24, 2.45) is 0 Å². The Kier molecular flexibility index (Phi) is 9.65. The Labute approximate surface area is 383 Å². The van der Waals surface area contributed by atoms with Crippen LogP contribution in [0.15, 0.2) is 243 Å². The number of imidazole rings is 2. The molecule has 0 radical (unpaired) electrons. The molecule has 5 nitrogen and oxygen atoms in total. The Bertz CT molecular complexity index is 3430. The summed E-state index contributed by atoms with van der Waals surface area (Å²) in [6, 6.07) is 86.0. The highest BCUT2D eigenvalue weighted by Gasteiger charge is 2.26. The van der Waals surface area contributed by atoms with E-state index in [0.29, 0.717) is 0 Å². The average Bonchev–Trinajstić information content (AvgIpc) is 4.09. The van der Waals surface area contributed by atoms with E-state index in [4.69, 9.17) is 9.97 Å². The molecule has 9 aromatic carbocycles. The second-order valence-corrected chi connectivity index (χ2v) is 16.7. The van der Waals surface area contributed by atoms with Crippen LogP contribution in [0, 0.1) is 6.92 Å². The third kappa shape index (κ3) is 6.73. The molecule has 0 bridgehead atoms. The van der Waals surface area contributed by atoms with Crippen LogP contribution in [0.4, 0.5) is 0 Å². The van der Waals surface area contributed by atoms with Crippen molar-refractivity contribution in [2.45, 2.75) is 6.92 Å². The van der Waals surface area contributed by atoms with Gasteiger partial charge < -0.3 is 4.57 Å². The monoisotopic (exact) mass is 845 g/mol. The number of hydrogen-bond donors (Lipinski definition) is 0. The summed E-state index contributed by atoms with van der Waals surface area (Å²) >= 11 is 0. The average molecular weight is 846 g/mol. The van der Waals surface area contributed by atoms with Crippen molar-refractivity contribution < 1.29 is 0 Å². The van der Waals surface area contributed by atoms with E-state index in [2.05, 4.69) is 263 Å². The summed E-state index contributed by atoms with van der Waals surface area (Å²) in [4.78, 5) is 11.2. The Morgan fingerprint density at radius 3 is 1.00 bits per heavy atom. The van der Waals surface area contributed by atoms with E-state index in [0.717, 1.165) is 107 Å². The Balaban J connectivity index is 1.15. The van der Waals surface area contributed by atoms with Crippen LogP contribution in [0.5, 0.6) is 0 Å². The molecule has 3 heterocycles. The smallest absolute Gasteiger partial charge is 0.145 e. The normalized spacial score (nSPS) is 11.4. The molecular weight excluding hydrogens is 803 g/mol. The fraction of sp³-hybridized carbons (Fsp3) is 0.0164. The lowest BCUT2D eigenvalue weighted by molar-refractivity contribution is 1.07. The largest absolute Gasteiger partial charge is 0.309 e. The fourth-order valence-electron chi connectivity index (χ4n) is 9.48. The molecule has 0 spiro atoms. The van der Waals surface area contributed by atoms with Gasteiger partial charge >= 0.3 is 0 Å².